The van der Waals surface area contributed by atoms with Gasteiger partial charge in [0.25, 0.3) is 0 Å². The summed E-state index contributed by atoms with van der Waals surface area (Å²) < 4.78 is 66.2. The van der Waals surface area contributed by atoms with Gasteiger partial charge in [0.15, 0.2) is 11.5 Å². The maximum Gasteiger partial charge on any atom is 0.586 e. The highest BCUT2D eigenvalue weighted by Crippen LogP contribution is 2.42. The zero-order valence-corrected chi connectivity index (χ0v) is 18.3. The van der Waals surface area contributed by atoms with Gasteiger partial charge >= 0.3 is 12.9 Å². The fourth-order valence-corrected chi connectivity index (χ4v) is 3.67. The van der Waals surface area contributed by atoms with Crippen LogP contribution in [-0.4, -0.2) is 36.6 Å². The van der Waals surface area contributed by atoms with Crippen LogP contribution >= 0.6 is 0 Å². The predicted molar refractivity (Wildman–Crippen MR) is 116 cm³/mol. The first-order valence-corrected chi connectivity index (χ1v) is 10.7. The molecular weight excluding hydrogens is 472 g/mol. The van der Waals surface area contributed by atoms with Crippen molar-refractivity contribution in [2.45, 2.75) is 38.3 Å². The lowest BCUT2D eigenvalue weighted by Crippen LogP contribution is -2.32. The Kier molecular flexibility index (Phi) is 7.15. The van der Waals surface area contributed by atoms with Crippen LogP contribution in [0.4, 0.5) is 17.6 Å². The van der Waals surface area contributed by atoms with Crippen LogP contribution < -0.4 is 20.1 Å². The molecule has 2 aromatic rings. The van der Waals surface area contributed by atoms with Crippen molar-refractivity contribution < 1.29 is 41.7 Å². The van der Waals surface area contributed by atoms with Gasteiger partial charge in [-0.3, -0.25) is 4.79 Å². The van der Waals surface area contributed by atoms with Crippen LogP contribution in [0.5, 0.6) is 11.5 Å². The van der Waals surface area contributed by atoms with Gasteiger partial charge in [-0.2, -0.15) is 8.78 Å². The van der Waals surface area contributed by atoms with E-state index in [4.69, 9.17) is 5.11 Å². The maximum atomic E-state index is 13.4. The molecule has 0 saturated heterocycles. The van der Waals surface area contributed by atoms with E-state index < -0.39 is 12.9 Å². The largest absolute Gasteiger partial charge is 0.586 e. The number of aliphatic hydroxyl groups is 1. The fraction of sp³-hybridized carbons (Fsp3) is 0.292. The Hall–Kier alpha value is -3.73. The Morgan fingerprint density at radius 3 is 2.54 bits per heavy atom. The molecule has 0 aromatic heterocycles. The number of rotatable bonds is 9. The number of nitrogens with one attached hydrogen (secondary N) is 2. The quantitative estimate of drug-likeness (QED) is 0.461. The number of dihydropyridines is 1. The molecule has 3 N–H and O–H groups in total. The Bertz CT molecular complexity index is 1140. The first-order valence-electron chi connectivity index (χ1n) is 10.7. The third-order valence-corrected chi connectivity index (χ3v) is 5.27. The summed E-state index contributed by atoms with van der Waals surface area (Å²) in [5, 5.41) is 14.6. The van der Waals surface area contributed by atoms with E-state index in [0.717, 1.165) is 11.1 Å². The number of halogens is 4. The topological polar surface area (TPSA) is 89.1 Å². The van der Waals surface area contributed by atoms with Gasteiger partial charge in [0, 0.05) is 24.6 Å². The number of carbonyl (C=O) groups excluding carboxylic acids is 1. The lowest BCUT2D eigenvalue weighted by Gasteiger charge is -2.25. The Balaban J connectivity index is 1.46. The first kappa shape index (κ1) is 24.4. The summed E-state index contributed by atoms with van der Waals surface area (Å²) in [5.41, 5.74) is 2.31. The van der Waals surface area contributed by atoms with Crippen LogP contribution in [-0.2, 0) is 22.5 Å². The number of hydrogen-bond donors (Lipinski definition) is 3. The first-order chi connectivity index (χ1) is 16.7. The minimum atomic E-state index is -3.80. The highest BCUT2D eigenvalue weighted by Gasteiger charge is 2.43. The van der Waals surface area contributed by atoms with Crippen molar-refractivity contribution in [3.8, 4) is 11.5 Å². The third-order valence-electron chi connectivity index (χ3n) is 5.27. The van der Waals surface area contributed by atoms with E-state index in [-0.39, 0.29) is 47.9 Å². The number of alkyl halides is 4. The molecule has 186 valence electrons. The number of allylic oxidation sites excluding steroid dienone is 1. The lowest BCUT2D eigenvalue weighted by atomic mass is 9.99. The van der Waals surface area contributed by atoms with Gasteiger partial charge in [-0.15, -0.1) is 8.78 Å². The van der Waals surface area contributed by atoms with Gasteiger partial charge in [-0.25, -0.2) is 0 Å². The molecule has 0 fully saturated rings. The predicted octanol–water partition coefficient (Wildman–Crippen LogP) is 3.69. The Labute approximate surface area is 198 Å². The maximum absolute atomic E-state index is 13.4. The van der Waals surface area contributed by atoms with Gasteiger partial charge in [0.2, 0.25) is 5.91 Å². The highest BCUT2D eigenvalue weighted by atomic mass is 19.3. The zero-order chi connectivity index (χ0) is 25.0. The molecule has 35 heavy (non-hydrogen) atoms. The molecule has 1 atom stereocenters. The summed E-state index contributed by atoms with van der Waals surface area (Å²) in [4.78, 5) is 11.5. The van der Waals surface area contributed by atoms with Crippen molar-refractivity contribution in [2.24, 2.45) is 0 Å². The molecule has 2 heterocycles. The molecular formula is C24H22F4N2O5. The van der Waals surface area contributed by atoms with E-state index in [1.807, 2.05) is 24.3 Å². The van der Waals surface area contributed by atoms with Gasteiger partial charge in [0.1, 0.15) is 5.76 Å². The molecule has 2 aliphatic rings. The van der Waals surface area contributed by atoms with Crippen molar-refractivity contribution in [1.82, 2.24) is 10.6 Å². The summed E-state index contributed by atoms with van der Waals surface area (Å²) in [6, 6.07) is 11.1. The van der Waals surface area contributed by atoms with Crippen LogP contribution in [0.3, 0.4) is 0 Å². The fourth-order valence-electron chi connectivity index (χ4n) is 3.67. The van der Waals surface area contributed by atoms with Crippen molar-refractivity contribution in [1.29, 1.82) is 0 Å². The van der Waals surface area contributed by atoms with Crippen molar-refractivity contribution in [2.75, 3.05) is 6.61 Å². The SMILES string of the molecule is O=C(CCO)NCc1ccc(CC2C=CC(OC(F)F)=C(c3ccc4c(c3)OC(F)(F)O4)N2)cc1. The second kappa shape index (κ2) is 10.3. The monoisotopic (exact) mass is 494 g/mol. The van der Waals surface area contributed by atoms with Gasteiger partial charge in [0.05, 0.1) is 12.3 Å². The van der Waals surface area contributed by atoms with Crippen LogP contribution in [0.25, 0.3) is 5.70 Å². The summed E-state index contributed by atoms with van der Waals surface area (Å²) >= 11 is 0. The van der Waals surface area contributed by atoms with Crippen LogP contribution in [0.15, 0.2) is 60.4 Å². The third kappa shape index (κ3) is 6.24. The zero-order valence-electron chi connectivity index (χ0n) is 18.3. The number of amides is 1. The standard InChI is InChI=1S/C24H22F4N2O5/c25-23(26)33-19-8-6-17(11-14-1-3-15(4-2-14)13-29-21(32)9-10-31)30-22(19)16-5-7-18-20(12-16)35-24(27,28)34-18/h1-8,12,17,23,30-31H,9-11,13H2,(H,29,32). The molecule has 0 saturated carbocycles. The number of benzene rings is 2. The van der Waals surface area contributed by atoms with Crippen molar-refractivity contribution >= 4 is 11.6 Å². The van der Waals surface area contributed by atoms with Gasteiger partial charge in [-0.1, -0.05) is 30.3 Å². The Morgan fingerprint density at radius 1 is 1.11 bits per heavy atom. The van der Waals surface area contributed by atoms with E-state index in [1.54, 1.807) is 6.08 Å². The molecule has 2 aliphatic heterocycles. The van der Waals surface area contributed by atoms with Crippen LogP contribution in [0.2, 0.25) is 0 Å². The summed E-state index contributed by atoms with van der Waals surface area (Å²) in [7, 11) is 0. The van der Waals surface area contributed by atoms with E-state index >= 15 is 0 Å². The molecule has 7 nitrogen and oxygen atoms in total. The minimum absolute atomic E-state index is 0.0384. The number of carbonyl (C=O) groups is 1. The molecule has 1 amide bonds. The lowest BCUT2D eigenvalue weighted by molar-refractivity contribution is -0.286. The van der Waals surface area contributed by atoms with E-state index in [1.165, 1.54) is 24.3 Å². The molecule has 2 aromatic carbocycles. The molecule has 0 bridgehead atoms. The van der Waals surface area contributed by atoms with Crippen LogP contribution in [0, 0.1) is 0 Å². The molecule has 11 heteroatoms. The molecule has 0 radical (unpaired) electrons. The molecule has 1 unspecified atom stereocenters. The van der Waals surface area contributed by atoms with E-state index in [2.05, 4.69) is 24.8 Å². The number of hydrogen-bond acceptors (Lipinski definition) is 6. The van der Waals surface area contributed by atoms with Gasteiger partial charge in [-0.05, 0) is 41.8 Å². The second-order valence-electron chi connectivity index (χ2n) is 7.83. The van der Waals surface area contributed by atoms with Crippen molar-refractivity contribution in [3.05, 3.63) is 77.1 Å². The average Bonchev–Trinajstić information content (AvgIpc) is 3.12. The highest BCUT2D eigenvalue weighted by molar-refractivity contribution is 5.76. The minimum Gasteiger partial charge on any atom is -0.433 e. The summed E-state index contributed by atoms with van der Waals surface area (Å²) in [5.74, 6) is -0.769. The van der Waals surface area contributed by atoms with Crippen LogP contribution in [0.1, 0.15) is 23.1 Å². The average molecular weight is 494 g/mol. The number of fused-ring (bicyclic) bond motifs is 1. The van der Waals surface area contributed by atoms with Gasteiger partial charge < -0.3 is 30.0 Å². The second-order valence-corrected chi connectivity index (χ2v) is 7.83. The summed E-state index contributed by atoms with van der Waals surface area (Å²) in [6.45, 7) is -2.97. The van der Waals surface area contributed by atoms with Crippen molar-refractivity contribution in [3.63, 3.8) is 0 Å². The summed E-state index contributed by atoms with van der Waals surface area (Å²) in [6.07, 6.45) is -0.190. The van der Waals surface area contributed by atoms with E-state index in [0.29, 0.717) is 18.5 Å². The molecule has 0 aliphatic carbocycles. The van der Waals surface area contributed by atoms with E-state index in [9.17, 15) is 22.4 Å². The Morgan fingerprint density at radius 2 is 1.83 bits per heavy atom. The number of ether oxygens (including phenoxy) is 3. The number of aliphatic hydroxyl groups excluding tert-OH is 1. The molecule has 4 rings (SSSR count). The normalized spacial score (nSPS) is 17.9. The molecule has 0 spiro atoms. The smallest absolute Gasteiger partial charge is 0.433 e.